The highest BCUT2D eigenvalue weighted by molar-refractivity contribution is 5.71. The van der Waals surface area contributed by atoms with E-state index in [2.05, 4.69) is 60.4 Å². The number of likely N-dealkylation sites (tertiary alicyclic amines) is 1. The molecule has 0 bridgehead atoms. The van der Waals surface area contributed by atoms with Crippen LogP contribution in [0.1, 0.15) is 24.0 Å². The number of carboxylic acid groups (broad SMARTS) is 1. The van der Waals surface area contributed by atoms with Gasteiger partial charge in [0.2, 0.25) is 0 Å². The van der Waals surface area contributed by atoms with Gasteiger partial charge in [0.25, 0.3) is 0 Å². The Labute approximate surface area is 137 Å². The molecule has 1 aliphatic heterocycles. The van der Waals surface area contributed by atoms with Crippen LogP contribution in [-0.2, 0) is 11.3 Å². The van der Waals surface area contributed by atoms with Gasteiger partial charge in [-0.1, -0.05) is 48.5 Å². The van der Waals surface area contributed by atoms with Crippen molar-refractivity contribution in [1.82, 2.24) is 4.90 Å². The number of nitrogens with zero attached hydrogens (tertiary/aromatic N) is 1. The van der Waals surface area contributed by atoms with Crippen molar-refractivity contribution in [1.29, 1.82) is 0 Å². The predicted octanol–water partition coefficient (Wildman–Crippen LogP) is 3.96. The maximum absolute atomic E-state index is 11.3. The Morgan fingerprint density at radius 1 is 1.13 bits per heavy atom. The molecule has 2 aromatic carbocycles. The van der Waals surface area contributed by atoms with Gasteiger partial charge < -0.3 is 5.11 Å². The number of rotatable bonds is 4. The molecule has 23 heavy (non-hydrogen) atoms. The molecule has 1 N–H and O–H groups in total. The number of carboxylic acids is 1. The minimum absolute atomic E-state index is 0.227. The number of hydrogen-bond donors (Lipinski definition) is 1. The van der Waals surface area contributed by atoms with Crippen LogP contribution in [0.15, 0.2) is 48.5 Å². The van der Waals surface area contributed by atoms with E-state index in [0.717, 1.165) is 25.9 Å². The number of aliphatic carboxylic acids is 1. The second-order valence-electron chi connectivity index (χ2n) is 6.38. The maximum atomic E-state index is 11.3. The number of piperidine rings is 1. The van der Waals surface area contributed by atoms with Crippen molar-refractivity contribution >= 4 is 5.97 Å². The molecule has 1 aliphatic rings. The zero-order valence-corrected chi connectivity index (χ0v) is 13.5. The third kappa shape index (κ3) is 3.62. The van der Waals surface area contributed by atoms with Gasteiger partial charge in [0.1, 0.15) is 0 Å². The first-order valence-electron chi connectivity index (χ1n) is 8.24. The van der Waals surface area contributed by atoms with E-state index in [1.54, 1.807) is 0 Å². The van der Waals surface area contributed by atoms with Crippen molar-refractivity contribution in [2.45, 2.75) is 26.3 Å². The molecule has 1 atom stereocenters. The fourth-order valence-electron chi connectivity index (χ4n) is 3.44. The van der Waals surface area contributed by atoms with Gasteiger partial charge in [-0.05, 0) is 48.6 Å². The lowest BCUT2D eigenvalue weighted by molar-refractivity contribution is -0.143. The third-order valence-corrected chi connectivity index (χ3v) is 4.70. The SMILES string of the molecule is Cc1ccccc1-c1ccccc1CN1CCCC(C(=O)O)C1. The van der Waals surface area contributed by atoms with E-state index in [9.17, 15) is 9.90 Å². The number of hydrogen-bond acceptors (Lipinski definition) is 2. The average Bonchev–Trinajstić information content (AvgIpc) is 2.56. The van der Waals surface area contributed by atoms with E-state index in [1.165, 1.54) is 22.3 Å². The molecule has 3 heteroatoms. The molecule has 0 spiro atoms. The van der Waals surface area contributed by atoms with Gasteiger partial charge >= 0.3 is 5.97 Å². The van der Waals surface area contributed by atoms with Crippen LogP contribution in [0.3, 0.4) is 0 Å². The molecule has 3 rings (SSSR count). The third-order valence-electron chi connectivity index (χ3n) is 4.70. The highest BCUT2D eigenvalue weighted by atomic mass is 16.4. The normalized spacial score (nSPS) is 18.7. The largest absolute Gasteiger partial charge is 0.481 e. The Morgan fingerprint density at radius 2 is 1.83 bits per heavy atom. The molecule has 1 fully saturated rings. The molecule has 3 nitrogen and oxygen atoms in total. The number of aryl methyl sites for hydroxylation is 1. The van der Waals surface area contributed by atoms with Crippen molar-refractivity contribution in [3.8, 4) is 11.1 Å². The van der Waals surface area contributed by atoms with Crippen LogP contribution in [0, 0.1) is 12.8 Å². The predicted molar refractivity (Wildman–Crippen MR) is 92.3 cm³/mol. The molecule has 0 aliphatic carbocycles. The molecular formula is C20H23NO2. The molecule has 0 saturated carbocycles. The maximum Gasteiger partial charge on any atom is 0.307 e. The molecule has 0 amide bonds. The van der Waals surface area contributed by atoms with Crippen LogP contribution < -0.4 is 0 Å². The Hall–Kier alpha value is -2.13. The lowest BCUT2D eigenvalue weighted by Crippen LogP contribution is -2.38. The summed E-state index contributed by atoms with van der Waals surface area (Å²) in [6.07, 6.45) is 1.76. The highest BCUT2D eigenvalue weighted by Crippen LogP contribution is 2.28. The number of carbonyl (C=O) groups is 1. The van der Waals surface area contributed by atoms with Crippen LogP contribution in [0.4, 0.5) is 0 Å². The van der Waals surface area contributed by atoms with Crippen molar-refractivity contribution in [2.75, 3.05) is 13.1 Å². The summed E-state index contributed by atoms with van der Waals surface area (Å²) in [6, 6.07) is 16.9. The molecule has 1 saturated heterocycles. The summed E-state index contributed by atoms with van der Waals surface area (Å²) < 4.78 is 0. The van der Waals surface area contributed by atoms with Crippen LogP contribution in [-0.4, -0.2) is 29.1 Å². The van der Waals surface area contributed by atoms with Crippen LogP contribution in [0.2, 0.25) is 0 Å². The van der Waals surface area contributed by atoms with Crippen LogP contribution >= 0.6 is 0 Å². The van der Waals surface area contributed by atoms with Gasteiger partial charge in [0.05, 0.1) is 5.92 Å². The fraction of sp³-hybridized carbons (Fsp3) is 0.350. The zero-order valence-electron chi connectivity index (χ0n) is 13.5. The molecule has 0 aromatic heterocycles. The molecule has 1 unspecified atom stereocenters. The standard InChI is InChI=1S/C20H23NO2/c1-15-7-2-4-10-18(15)19-11-5-3-8-16(19)13-21-12-6-9-17(14-21)20(22)23/h2-5,7-8,10-11,17H,6,9,12-14H2,1H3,(H,22,23). The van der Waals surface area contributed by atoms with E-state index in [4.69, 9.17) is 0 Å². The smallest absolute Gasteiger partial charge is 0.307 e. The van der Waals surface area contributed by atoms with Gasteiger partial charge in [-0.25, -0.2) is 0 Å². The van der Waals surface area contributed by atoms with Crippen molar-refractivity contribution in [3.05, 3.63) is 59.7 Å². The van der Waals surface area contributed by atoms with Crippen molar-refractivity contribution < 1.29 is 9.90 Å². The molecule has 120 valence electrons. The van der Waals surface area contributed by atoms with Gasteiger partial charge in [-0.15, -0.1) is 0 Å². The fourth-order valence-corrected chi connectivity index (χ4v) is 3.44. The van der Waals surface area contributed by atoms with Crippen molar-refractivity contribution in [3.63, 3.8) is 0 Å². The lowest BCUT2D eigenvalue weighted by atomic mass is 9.94. The van der Waals surface area contributed by atoms with E-state index >= 15 is 0 Å². The summed E-state index contributed by atoms with van der Waals surface area (Å²) in [6.45, 7) is 4.57. The first-order chi connectivity index (χ1) is 11.1. The Morgan fingerprint density at radius 3 is 2.57 bits per heavy atom. The zero-order chi connectivity index (χ0) is 16.2. The van der Waals surface area contributed by atoms with Crippen molar-refractivity contribution in [2.24, 2.45) is 5.92 Å². The first-order valence-corrected chi connectivity index (χ1v) is 8.24. The average molecular weight is 309 g/mol. The molecular weight excluding hydrogens is 286 g/mol. The van der Waals surface area contributed by atoms with Gasteiger partial charge in [0.15, 0.2) is 0 Å². The summed E-state index contributed by atoms with van der Waals surface area (Å²) in [7, 11) is 0. The van der Waals surface area contributed by atoms with E-state index in [0.29, 0.717) is 6.54 Å². The minimum Gasteiger partial charge on any atom is -0.481 e. The lowest BCUT2D eigenvalue weighted by Gasteiger charge is -2.31. The first kappa shape index (κ1) is 15.8. The van der Waals surface area contributed by atoms with E-state index in [-0.39, 0.29) is 5.92 Å². The molecule has 1 heterocycles. The summed E-state index contributed by atoms with van der Waals surface area (Å²) >= 11 is 0. The van der Waals surface area contributed by atoms with Crippen LogP contribution in [0.25, 0.3) is 11.1 Å². The summed E-state index contributed by atoms with van der Waals surface area (Å²) in [5.41, 5.74) is 5.05. The van der Waals surface area contributed by atoms with Crippen LogP contribution in [0.5, 0.6) is 0 Å². The highest BCUT2D eigenvalue weighted by Gasteiger charge is 2.25. The van der Waals surface area contributed by atoms with Gasteiger partial charge in [-0.2, -0.15) is 0 Å². The monoisotopic (exact) mass is 309 g/mol. The Bertz CT molecular complexity index is 696. The van der Waals surface area contributed by atoms with Gasteiger partial charge in [0, 0.05) is 13.1 Å². The Kier molecular flexibility index (Phi) is 4.77. The molecule has 2 aromatic rings. The quantitative estimate of drug-likeness (QED) is 0.929. The van der Waals surface area contributed by atoms with Gasteiger partial charge in [-0.3, -0.25) is 9.69 Å². The summed E-state index contributed by atoms with van der Waals surface area (Å²) in [5.74, 6) is -0.892. The summed E-state index contributed by atoms with van der Waals surface area (Å²) in [4.78, 5) is 13.5. The van der Waals surface area contributed by atoms with E-state index in [1.807, 2.05) is 0 Å². The number of benzene rings is 2. The minimum atomic E-state index is -0.665. The Balaban J connectivity index is 1.84. The molecule has 0 radical (unpaired) electrons. The second kappa shape index (κ2) is 6.97. The second-order valence-corrected chi connectivity index (χ2v) is 6.38. The topological polar surface area (TPSA) is 40.5 Å². The summed E-state index contributed by atoms with van der Waals surface area (Å²) in [5, 5.41) is 9.26. The van der Waals surface area contributed by atoms with E-state index < -0.39 is 5.97 Å².